The number of aliphatic carboxylic acids is 1. The van der Waals surface area contributed by atoms with Gasteiger partial charge < -0.3 is 31.3 Å². The number of fused-ring (bicyclic) bond motifs is 1. The average Bonchev–Trinajstić information content (AvgIpc) is 2.81. The molecule has 0 saturated carbocycles. The van der Waals surface area contributed by atoms with E-state index in [9.17, 15) is 24.6 Å². The van der Waals surface area contributed by atoms with E-state index < -0.39 is 24.1 Å². The third kappa shape index (κ3) is 3.97. The third-order valence-corrected chi connectivity index (χ3v) is 5.87. The number of carboxylic acid groups (broad SMARTS) is 1. The number of aliphatic hydroxyl groups excluding tert-OH is 1. The summed E-state index contributed by atoms with van der Waals surface area (Å²) >= 11 is 1.25. The van der Waals surface area contributed by atoms with E-state index in [0.717, 1.165) is 12.8 Å². The molecule has 26 heavy (non-hydrogen) atoms. The van der Waals surface area contributed by atoms with Crippen LogP contribution in [0.25, 0.3) is 0 Å². The summed E-state index contributed by atoms with van der Waals surface area (Å²) in [5.74, 6) is -1.99. The molecule has 1 saturated heterocycles. The lowest BCUT2D eigenvalue weighted by Crippen LogP contribution is -2.63. The lowest BCUT2D eigenvalue weighted by molar-refractivity contribution is -0.163. The molecule has 1 fully saturated rings. The summed E-state index contributed by atoms with van der Waals surface area (Å²) in [7, 11) is 0. The Morgan fingerprint density at radius 1 is 1.38 bits per heavy atom. The van der Waals surface area contributed by atoms with Crippen LogP contribution in [0.15, 0.2) is 10.6 Å². The Hall–Kier alpha value is -1.78. The van der Waals surface area contributed by atoms with Crippen molar-refractivity contribution in [2.45, 2.75) is 38.3 Å². The summed E-state index contributed by atoms with van der Waals surface area (Å²) in [6, 6.07) is -0.356. The van der Waals surface area contributed by atoms with Crippen LogP contribution in [-0.2, 0) is 14.3 Å². The van der Waals surface area contributed by atoms with Gasteiger partial charge in [-0.15, -0.1) is 11.8 Å². The van der Waals surface area contributed by atoms with E-state index >= 15 is 0 Å². The number of carbonyl (C=O) groups excluding carboxylic acids is 2. The van der Waals surface area contributed by atoms with Gasteiger partial charge in [0.25, 0.3) is 0 Å². The van der Waals surface area contributed by atoms with Gasteiger partial charge in [0.1, 0.15) is 12.3 Å². The van der Waals surface area contributed by atoms with E-state index in [1.165, 1.54) is 16.7 Å². The summed E-state index contributed by atoms with van der Waals surface area (Å²) in [4.78, 5) is 36.7. The fourth-order valence-electron chi connectivity index (χ4n) is 3.65. The van der Waals surface area contributed by atoms with Gasteiger partial charge in [-0.25, -0.2) is 9.59 Å². The zero-order valence-electron chi connectivity index (χ0n) is 14.6. The molecule has 0 spiro atoms. The topological polar surface area (TPSA) is 156 Å². The zero-order valence-corrected chi connectivity index (χ0v) is 15.4. The molecular formula is C16H25N3O6S. The first-order valence-corrected chi connectivity index (χ1v) is 9.53. The number of thioether (sulfide) groups is 1. The van der Waals surface area contributed by atoms with Crippen molar-refractivity contribution in [2.75, 3.05) is 18.9 Å². The Bertz CT molecular complexity index is 609. The molecule has 0 aromatic rings. The van der Waals surface area contributed by atoms with Gasteiger partial charge in [0, 0.05) is 16.6 Å². The van der Waals surface area contributed by atoms with E-state index in [1.807, 2.05) is 0 Å². The summed E-state index contributed by atoms with van der Waals surface area (Å²) in [6.07, 6.45) is 0.517. The molecule has 2 amide bonds. The number of aliphatic hydroxyl groups is 1. The van der Waals surface area contributed by atoms with Gasteiger partial charge in [-0.2, -0.15) is 0 Å². The molecule has 6 N–H and O–H groups in total. The molecule has 0 bridgehead atoms. The maximum absolute atomic E-state index is 12.4. The number of rotatable bonds is 10. The van der Waals surface area contributed by atoms with Gasteiger partial charge in [-0.3, -0.25) is 4.79 Å². The number of nitrogens with zero attached hydrogens (tertiary/aromatic N) is 1. The predicted octanol–water partition coefficient (Wildman–Crippen LogP) is 0.0777. The number of hydrogen-bond donors (Lipinski definition) is 4. The minimum absolute atomic E-state index is 0.0290. The maximum atomic E-state index is 12.4. The molecule has 2 heterocycles. The maximum Gasteiger partial charge on any atom is 0.404 e. The van der Waals surface area contributed by atoms with Crippen molar-refractivity contribution < 1.29 is 29.3 Å². The molecule has 146 valence electrons. The van der Waals surface area contributed by atoms with Crippen molar-refractivity contribution in [3.63, 3.8) is 0 Å². The largest absolute Gasteiger partial charge is 0.477 e. The molecular weight excluding hydrogens is 362 g/mol. The first-order chi connectivity index (χ1) is 12.3. The van der Waals surface area contributed by atoms with Crippen molar-refractivity contribution >= 4 is 29.7 Å². The highest BCUT2D eigenvalue weighted by Gasteiger charge is 2.60. The Balaban J connectivity index is 2.23. The second-order valence-corrected chi connectivity index (χ2v) is 7.53. The number of ether oxygens (including phenoxy) is 1. The molecule has 2 aliphatic rings. The van der Waals surface area contributed by atoms with Crippen LogP contribution >= 0.6 is 11.8 Å². The first kappa shape index (κ1) is 20.5. The van der Waals surface area contributed by atoms with E-state index in [4.69, 9.17) is 16.2 Å². The predicted molar refractivity (Wildman–Crippen MR) is 94.9 cm³/mol. The van der Waals surface area contributed by atoms with Crippen LogP contribution < -0.4 is 11.5 Å². The SMILES string of the molecule is C[C@@H](O)[C@H]1C(=O)N2C(C(=O)O)=C(SCCOC(N)=O)[C@H](CCCCN)[C@H]12. The van der Waals surface area contributed by atoms with E-state index in [0.29, 0.717) is 23.6 Å². The molecule has 0 aliphatic carbocycles. The van der Waals surface area contributed by atoms with Gasteiger partial charge in [0.2, 0.25) is 5.91 Å². The number of primary amides is 1. The number of carboxylic acids is 1. The molecule has 0 radical (unpaired) electrons. The van der Waals surface area contributed by atoms with Crippen molar-refractivity contribution in [1.82, 2.24) is 4.90 Å². The monoisotopic (exact) mass is 387 g/mol. The standard InChI is InChI=1S/C16H25N3O6S/c1-8(20)10-11-9(4-2-3-5-17)13(26-7-6-25-16(18)24)12(15(22)23)19(11)14(10)21/h8-11,20H,2-7,17H2,1H3,(H2,18,24)(H,22,23)/t8-,9-,10-,11-/m1/s1. The fourth-order valence-corrected chi connectivity index (χ4v) is 4.83. The van der Waals surface area contributed by atoms with Gasteiger partial charge >= 0.3 is 12.1 Å². The fraction of sp³-hybridized carbons (Fsp3) is 0.688. The molecule has 0 aromatic heterocycles. The second-order valence-electron chi connectivity index (χ2n) is 6.39. The number of unbranched alkanes of at least 4 members (excludes halogenated alkanes) is 1. The zero-order chi connectivity index (χ0) is 19.4. The molecule has 10 heteroatoms. The first-order valence-electron chi connectivity index (χ1n) is 8.55. The Kier molecular flexibility index (Phi) is 6.90. The lowest BCUT2D eigenvalue weighted by atomic mass is 9.77. The van der Waals surface area contributed by atoms with Gasteiger partial charge in [0.15, 0.2) is 0 Å². The number of carbonyl (C=O) groups is 3. The summed E-state index contributed by atoms with van der Waals surface area (Å²) in [5.41, 5.74) is 10.4. The Morgan fingerprint density at radius 3 is 2.62 bits per heavy atom. The lowest BCUT2D eigenvalue weighted by Gasteiger charge is -2.47. The minimum atomic E-state index is -1.17. The number of β-lactam (4-membered cyclic amide) rings is 1. The smallest absolute Gasteiger partial charge is 0.404 e. The highest BCUT2D eigenvalue weighted by Crippen LogP contribution is 2.52. The van der Waals surface area contributed by atoms with Crippen molar-refractivity contribution in [2.24, 2.45) is 23.3 Å². The van der Waals surface area contributed by atoms with Crippen LogP contribution in [0.4, 0.5) is 4.79 Å². The average molecular weight is 387 g/mol. The van der Waals surface area contributed by atoms with Crippen LogP contribution in [0.3, 0.4) is 0 Å². The second kappa shape index (κ2) is 8.74. The van der Waals surface area contributed by atoms with Crippen molar-refractivity contribution in [3.8, 4) is 0 Å². The minimum Gasteiger partial charge on any atom is -0.477 e. The number of amides is 2. The molecule has 0 unspecified atom stereocenters. The summed E-state index contributed by atoms with van der Waals surface area (Å²) in [6.45, 7) is 2.12. The highest BCUT2D eigenvalue weighted by atomic mass is 32.2. The van der Waals surface area contributed by atoms with E-state index in [1.54, 1.807) is 6.92 Å². The number of nitrogens with two attached hydrogens (primary N) is 2. The molecule has 4 atom stereocenters. The molecule has 9 nitrogen and oxygen atoms in total. The Labute approximate surface area is 155 Å². The quantitative estimate of drug-likeness (QED) is 0.303. The van der Waals surface area contributed by atoms with Crippen LogP contribution in [0.1, 0.15) is 26.2 Å². The number of hydrogen-bond acceptors (Lipinski definition) is 7. The highest BCUT2D eigenvalue weighted by molar-refractivity contribution is 8.03. The third-order valence-electron chi connectivity index (χ3n) is 4.69. The van der Waals surface area contributed by atoms with Gasteiger partial charge in [-0.05, 0) is 26.3 Å². The molecule has 2 rings (SSSR count). The molecule has 0 aromatic carbocycles. The summed E-state index contributed by atoms with van der Waals surface area (Å²) in [5, 5.41) is 19.6. The van der Waals surface area contributed by atoms with E-state index in [2.05, 4.69) is 0 Å². The van der Waals surface area contributed by atoms with Crippen LogP contribution in [0, 0.1) is 11.8 Å². The normalized spacial score (nSPS) is 25.7. The van der Waals surface area contributed by atoms with E-state index in [-0.39, 0.29) is 30.2 Å². The van der Waals surface area contributed by atoms with Crippen molar-refractivity contribution in [1.29, 1.82) is 0 Å². The van der Waals surface area contributed by atoms with Gasteiger partial charge in [-0.1, -0.05) is 6.42 Å². The van der Waals surface area contributed by atoms with Crippen LogP contribution in [0.5, 0.6) is 0 Å². The van der Waals surface area contributed by atoms with Gasteiger partial charge in [0.05, 0.1) is 18.1 Å². The van der Waals surface area contributed by atoms with Crippen LogP contribution in [0.2, 0.25) is 0 Å². The molecule has 2 aliphatic heterocycles. The van der Waals surface area contributed by atoms with Crippen molar-refractivity contribution in [3.05, 3.63) is 10.6 Å². The Morgan fingerprint density at radius 2 is 2.08 bits per heavy atom. The summed E-state index contributed by atoms with van der Waals surface area (Å²) < 4.78 is 4.69. The van der Waals surface area contributed by atoms with Crippen LogP contribution in [-0.4, -0.2) is 64.1 Å².